The second-order valence-corrected chi connectivity index (χ2v) is 8.78. The van der Waals surface area contributed by atoms with Crippen molar-refractivity contribution in [3.63, 3.8) is 0 Å². The number of nitrogens with one attached hydrogen (secondary N) is 2. The summed E-state index contributed by atoms with van der Waals surface area (Å²) in [5, 5.41) is 4.41. The number of carbonyl (C=O) groups excluding carboxylic acids is 2. The van der Waals surface area contributed by atoms with Crippen LogP contribution < -0.4 is 10.6 Å². The summed E-state index contributed by atoms with van der Waals surface area (Å²) < 4.78 is 90.8. The minimum Gasteiger partial charge on any atom is -0.341 e. The molecular weight excluding hydrogens is 461 g/mol. The van der Waals surface area contributed by atoms with Crippen LogP contribution >= 0.6 is 0 Å². The predicted octanol–water partition coefficient (Wildman–Crippen LogP) is 2.75. The lowest BCUT2D eigenvalue weighted by Crippen LogP contribution is -2.70. The Hall–Kier alpha value is -2.41. The maximum absolute atomic E-state index is 13.4. The summed E-state index contributed by atoms with van der Waals surface area (Å²) >= 11 is 0. The van der Waals surface area contributed by atoms with Crippen LogP contribution in [0.1, 0.15) is 24.8 Å². The van der Waals surface area contributed by atoms with Gasteiger partial charge in [-0.2, -0.15) is 26.3 Å². The highest BCUT2D eigenvalue weighted by Gasteiger charge is 2.64. The lowest BCUT2D eigenvalue weighted by Gasteiger charge is -2.56. The Morgan fingerprint density at radius 3 is 2.18 bits per heavy atom. The van der Waals surface area contributed by atoms with Gasteiger partial charge in [0.05, 0.1) is 18.7 Å². The zero-order valence-electron chi connectivity index (χ0n) is 17.2. The first kappa shape index (κ1) is 23.7. The number of benzene rings is 1. The van der Waals surface area contributed by atoms with Crippen molar-refractivity contribution in [2.45, 2.75) is 49.2 Å². The highest BCUT2D eigenvalue weighted by atomic mass is 19.4. The highest BCUT2D eigenvalue weighted by molar-refractivity contribution is 5.92. The van der Waals surface area contributed by atoms with Crippen molar-refractivity contribution in [1.29, 1.82) is 0 Å². The summed E-state index contributed by atoms with van der Waals surface area (Å²) in [4.78, 5) is 27.9. The molecule has 3 saturated heterocycles. The zero-order chi connectivity index (χ0) is 24.2. The Morgan fingerprint density at radius 1 is 1.00 bits per heavy atom. The summed E-state index contributed by atoms with van der Waals surface area (Å²) in [6.07, 6.45) is -8.90. The van der Waals surface area contributed by atoms with Crippen molar-refractivity contribution < 1.29 is 40.3 Å². The third kappa shape index (κ3) is 4.93. The van der Waals surface area contributed by atoms with E-state index in [-0.39, 0.29) is 43.7 Å². The average molecular weight is 482 g/mol. The largest absolute Gasteiger partial charge is 0.419 e. The highest BCUT2D eigenvalue weighted by Crippen LogP contribution is 2.49. The summed E-state index contributed by atoms with van der Waals surface area (Å²) in [6, 6.07) is 1.97. The fourth-order valence-corrected chi connectivity index (χ4v) is 4.46. The predicted molar refractivity (Wildman–Crippen MR) is 102 cm³/mol. The molecule has 0 spiro atoms. The monoisotopic (exact) mass is 482 g/mol. The van der Waals surface area contributed by atoms with E-state index >= 15 is 0 Å². The van der Waals surface area contributed by atoms with Crippen molar-refractivity contribution in [2.75, 3.05) is 31.5 Å². The number of piperidine rings is 1. The normalized spacial score (nSPS) is 24.7. The Balaban J connectivity index is 1.26. The Morgan fingerprint density at radius 2 is 1.64 bits per heavy atom. The first-order chi connectivity index (χ1) is 15.3. The van der Waals surface area contributed by atoms with Crippen molar-refractivity contribution in [3.8, 4) is 0 Å². The standard InChI is InChI=1S/C20H21F7N4O2/c21-15-2-1-11(5-14(15)19(22,23)24)28-16(32)9-30-7-12-6-13(8-30)31(12)10-17(33)29-18(3-4-18)20(25,26)27/h1-2,5,12-13H,3-4,6-10H2,(H,28,32)(H,29,33). The molecule has 2 bridgehead atoms. The Bertz CT molecular complexity index is 933. The molecule has 182 valence electrons. The van der Waals surface area contributed by atoms with Gasteiger partial charge in [-0.3, -0.25) is 19.4 Å². The van der Waals surface area contributed by atoms with E-state index in [2.05, 4.69) is 10.6 Å². The van der Waals surface area contributed by atoms with Crippen LogP contribution in [0.3, 0.4) is 0 Å². The molecule has 2 amide bonds. The lowest BCUT2D eigenvalue weighted by molar-refractivity contribution is -0.172. The van der Waals surface area contributed by atoms with Crippen LogP contribution in [0.15, 0.2) is 18.2 Å². The van der Waals surface area contributed by atoms with E-state index in [1.807, 2.05) is 0 Å². The smallest absolute Gasteiger partial charge is 0.341 e. The molecule has 3 aliphatic heterocycles. The van der Waals surface area contributed by atoms with Gasteiger partial charge in [0.15, 0.2) is 0 Å². The summed E-state index contributed by atoms with van der Waals surface area (Å²) in [6.45, 7) is 0.490. The molecule has 3 heterocycles. The third-order valence-corrected chi connectivity index (χ3v) is 6.34. The molecule has 1 aromatic rings. The number of fused-ring (bicyclic) bond motifs is 2. The molecule has 2 unspecified atom stereocenters. The number of anilines is 1. The molecule has 2 atom stereocenters. The van der Waals surface area contributed by atoms with Gasteiger partial charge in [0.25, 0.3) is 0 Å². The second kappa shape index (κ2) is 8.12. The van der Waals surface area contributed by atoms with Crippen molar-refractivity contribution in [1.82, 2.24) is 15.1 Å². The fourth-order valence-electron chi connectivity index (χ4n) is 4.46. The number of nitrogens with zero attached hydrogens (tertiary/aromatic N) is 2. The maximum atomic E-state index is 13.4. The molecule has 2 N–H and O–H groups in total. The lowest BCUT2D eigenvalue weighted by atomic mass is 9.87. The minimum atomic E-state index is -4.89. The van der Waals surface area contributed by atoms with E-state index in [0.29, 0.717) is 25.2 Å². The first-order valence-corrected chi connectivity index (χ1v) is 10.3. The maximum Gasteiger partial charge on any atom is 0.419 e. The van der Waals surface area contributed by atoms with Crippen LogP contribution in [-0.2, 0) is 15.8 Å². The van der Waals surface area contributed by atoms with Crippen LogP contribution in [0.4, 0.5) is 36.4 Å². The second-order valence-electron chi connectivity index (χ2n) is 8.78. The van der Waals surface area contributed by atoms with Gasteiger partial charge in [-0.05, 0) is 37.5 Å². The van der Waals surface area contributed by atoms with Crippen molar-refractivity contribution in [2.24, 2.45) is 0 Å². The van der Waals surface area contributed by atoms with Gasteiger partial charge >= 0.3 is 12.4 Å². The number of amides is 2. The number of halogens is 7. The molecule has 4 aliphatic rings. The van der Waals surface area contributed by atoms with E-state index in [1.165, 1.54) is 0 Å². The summed E-state index contributed by atoms with van der Waals surface area (Å²) in [7, 11) is 0. The summed E-state index contributed by atoms with van der Waals surface area (Å²) in [5.74, 6) is -2.72. The number of rotatable bonds is 6. The van der Waals surface area contributed by atoms with Crippen LogP contribution in [0, 0.1) is 5.82 Å². The van der Waals surface area contributed by atoms with E-state index in [4.69, 9.17) is 0 Å². The molecule has 0 aromatic heterocycles. The number of hydrogen-bond donors (Lipinski definition) is 2. The molecule has 0 radical (unpaired) electrons. The zero-order valence-corrected chi connectivity index (χ0v) is 17.2. The SMILES string of the molecule is O=C(CN1CC2CC(C1)N2CC(=O)NC1(C(F)(F)F)CC1)Nc1ccc(F)c(C(F)(F)F)c1. The quantitative estimate of drug-likeness (QED) is 0.613. The molecule has 1 aliphatic carbocycles. The van der Waals surface area contributed by atoms with E-state index < -0.39 is 41.1 Å². The number of alkyl halides is 6. The van der Waals surface area contributed by atoms with Gasteiger partial charge in [-0.1, -0.05) is 0 Å². The van der Waals surface area contributed by atoms with Gasteiger partial charge in [-0.25, -0.2) is 4.39 Å². The van der Waals surface area contributed by atoms with E-state index in [1.54, 1.807) is 9.80 Å². The number of carbonyl (C=O) groups is 2. The van der Waals surface area contributed by atoms with Gasteiger partial charge in [0.2, 0.25) is 11.8 Å². The molecule has 5 rings (SSSR count). The number of hydrogen-bond acceptors (Lipinski definition) is 4. The third-order valence-electron chi connectivity index (χ3n) is 6.34. The Kier molecular flexibility index (Phi) is 5.84. The van der Waals surface area contributed by atoms with Crippen LogP contribution in [-0.4, -0.2) is 71.6 Å². The summed E-state index contributed by atoms with van der Waals surface area (Å²) in [5.41, 5.74) is -3.78. The molecule has 1 aromatic carbocycles. The molecule has 1 saturated carbocycles. The molecule has 4 fully saturated rings. The molecular formula is C20H21F7N4O2. The van der Waals surface area contributed by atoms with Crippen molar-refractivity contribution in [3.05, 3.63) is 29.6 Å². The van der Waals surface area contributed by atoms with Gasteiger partial charge in [-0.15, -0.1) is 0 Å². The molecule has 13 heteroatoms. The van der Waals surface area contributed by atoms with E-state index in [9.17, 15) is 40.3 Å². The average Bonchev–Trinajstić information content (AvgIpc) is 3.47. The van der Waals surface area contributed by atoms with Gasteiger partial charge in [0.1, 0.15) is 11.4 Å². The van der Waals surface area contributed by atoms with Crippen molar-refractivity contribution >= 4 is 17.5 Å². The first-order valence-electron chi connectivity index (χ1n) is 10.3. The van der Waals surface area contributed by atoms with E-state index in [0.717, 1.165) is 12.5 Å². The molecule has 6 nitrogen and oxygen atoms in total. The van der Waals surface area contributed by atoms with Crippen LogP contribution in [0.25, 0.3) is 0 Å². The molecule has 33 heavy (non-hydrogen) atoms. The van der Waals surface area contributed by atoms with Crippen LogP contribution in [0.5, 0.6) is 0 Å². The number of piperazine rings is 1. The Labute approximate surface area is 184 Å². The van der Waals surface area contributed by atoms with Gasteiger partial charge < -0.3 is 10.6 Å². The van der Waals surface area contributed by atoms with Crippen LogP contribution in [0.2, 0.25) is 0 Å². The fraction of sp³-hybridized carbons (Fsp3) is 0.600. The topological polar surface area (TPSA) is 64.7 Å². The minimum absolute atomic E-state index is 0.106. The van der Waals surface area contributed by atoms with Gasteiger partial charge in [0, 0.05) is 30.9 Å².